The smallest absolute Gasteiger partial charge is 0.287 e. The molecule has 0 fully saturated rings. The van der Waals surface area contributed by atoms with Gasteiger partial charge < -0.3 is 15.5 Å². The molecule has 0 bridgehead atoms. The van der Waals surface area contributed by atoms with Gasteiger partial charge in [0, 0.05) is 18.0 Å². The van der Waals surface area contributed by atoms with Crippen LogP contribution in [0.4, 0.5) is 0 Å². The van der Waals surface area contributed by atoms with E-state index < -0.39 is 0 Å². The lowest BCUT2D eigenvalue weighted by Gasteiger charge is -2.29. The van der Waals surface area contributed by atoms with E-state index in [-0.39, 0.29) is 17.4 Å². The molecular formula is C15H20N2O2. The molecular weight excluding hydrogens is 240 g/mol. The number of nitrogens with one attached hydrogen (secondary N) is 1. The van der Waals surface area contributed by atoms with E-state index in [2.05, 4.69) is 5.32 Å². The second-order valence-corrected chi connectivity index (χ2v) is 5.78. The van der Waals surface area contributed by atoms with E-state index in [1.165, 1.54) is 0 Å². The van der Waals surface area contributed by atoms with E-state index in [4.69, 9.17) is 10.2 Å². The molecule has 102 valence electrons. The summed E-state index contributed by atoms with van der Waals surface area (Å²) in [6.45, 7) is 6.53. The largest absolute Gasteiger partial charge is 0.451 e. The number of nitrogens with two attached hydrogens (primary N) is 1. The van der Waals surface area contributed by atoms with E-state index in [1.54, 1.807) is 6.07 Å². The van der Waals surface area contributed by atoms with Crippen LogP contribution in [0.25, 0.3) is 11.0 Å². The van der Waals surface area contributed by atoms with E-state index in [0.29, 0.717) is 17.9 Å². The number of furan rings is 1. The number of para-hydroxylation sites is 1. The van der Waals surface area contributed by atoms with Gasteiger partial charge in [0.2, 0.25) is 0 Å². The summed E-state index contributed by atoms with van der Waals surface area (Å²) < 4.78 is 5.54. The lowest BCUT2D eigenvalue weighted by molar-refractivity contribution is 0.0879. The van der Waals surface area contributed by atoms with Gasteiger partial charge in [-0.05, 0) is 17.5 Å². The Balaban J connectivity index is 2.19. The second kappa shape index (κ2) is 5.05. The fraction of sp³-hybridized carbons (Fsp3) is 0.400. The Bertz CT molecular complexity index is 548. The molecule has 1 aromatic carbocycles. The quantitative estimate of drug-likeness (QED) is 0.891. The first-order chi connectivity index (χ1) is 8.91. The Morgan fingerprint density at radius 1 is 1.37 bits per heavy atom. The third-order valence-corrected chi connectivity index (χ3v) is 3.24. The minimum absolute atomic E-state index is 0.0869. The Morgan fingerprint density at radius 2 is 2.05 bits per heavy atom. The predicted molar refractivity (Wildman–Crippen MR) is 76.0 cm³/mol. The van der Waals surface area contributed by atoms with Crippen LogP contribution >= 0.6 is 0 Å². The minimum Gasteiger partial charge on any atom is -0.451 e. The van der Waals surface area contributed by atoms with Crippen LogP contribution in [-0.4, -0.2) is 18.5 Å². The van der Waals surface area contributed by atoms with Crippen molar-refractivity contribution in [2.45, 2.75) is 26.8 Å². The Hall–Kier alpha value is -1.81. The van der Waals surface area contributed by atoms with Gasteiger partial charge in [0.1, 0.15) is 5.58 Å². The zero-order chi connectivity index (χ0) is 14.0. The number of carbonyl (C=O) groups excluding carboxylic acids is 1. The van der Waals surface area contributed by atoms with Gasteiger partial charge >= 0.3 is 0 Å². The standard InChI is InChI=1S/C15H20N2O2/c1-15(2,3)13(9-16)17-14(18)12-8-10-6-4-5-7-11(10)19-12/h4-8,13H,9,16H2,1-3H3,(H,17,18). The number of hydrogen-bond acceptors (Lipinski definition) is 3. The molecule has 0 aliphatic heterocycles. The topological polar surface area (TPSA) is 68.3 Å². The molecule has 1 atom stereocenters. The summed E-state index contributed by atoms with van der Waals surface area (Å²) in [6, 6.07) is 9.22. The third kappa shape index (κ3) is 2.96. The zero-order valence-electron chi connectivity index (χ0n) is 11.6. The first-order valence-corrected chi connectivity index (χ1v) is 6.41. The maximum atomic E-state index is 12.2. The first-order valence-electron chi connectivity index (χ1n) is 6.41. The average molecular weight is 260 g/mol. The van der Waals surface area contributed by atoms with Crippen molar-refractivity contribution in [2.75, 3.05) is 6.54 Å². The maximum Gasteiger partial charge on any atom is 0.287 e. The van der Waals surface area contributed by atoms with E-state index >= 15 is 0 Å². The number of rotatable bonds is 3. The van der Waals surface area contributed by atoms with Crippen molar-refractivity contribution in [1.82, 2.24) is 5.32 Å². The van der Waals surface area contributed by atoms with Crippen LogP contribution in [0.5, 0.6) is 0 Å². The lowest BCUT2D eigenvalue weighted by Crippen LogP contribution is -2.48. The second-order valence-electron chi connectivity index (χ2n) is 5.78. The van der Waals surface area contributed by atoms with Gasteiger partial charge in [0.25, 0.3) is 5.91 Å². The van der Waals surface area contributed by atoms with Crippen molar-refractivity contribution in [2.24, 2.45) is 11.1 Å². The van der Waals surface area contributed by atoms with Gasteiger partial charge in [0.05, 0.1) is 0 Å². The summed E-state index contributed by atoms with van der Waals surface area (Å²) in [5.74, 6) is 0.102. The molecule has 2 rings (SSSR count). The highest BCUT2D eigenvalue weighted by Gasteiger charge is 2.26. The molecule has 1 amide bonds. The summed E-state index contributed by atoms with van der Waals surface area (Å²) in [5.41, 5.74) is 6.34. The number of carbonyl (C=O) groups is 1. The summed E-state index contributed by atoms with van der Waals surface area (Å²) in [5, 5.41) is 3.85. The molecule has 4 heteroatoms. The van der Waals surface area contributed by atoms with Crippen LogP contribution in [0.2, 0.25) is 0 Å². The monoisotopic (exact) mass is 260 g/mol. The molecule has 19 heavy (non-hydrogen) atoms. The van der Waals surface area contributed by atoms with Gasteiger partial charge in [-0.1, -0.05) is 39.0 Å². The average Bonchev–Trinajstić information content (AvgIpc) is 2.77. The summed E-state index contributed by atoms with van der Waals surface area (Å²) in [6.07, 6.45) is 0. The highest BCUT2D eigenvalue weighted by Crippen LogP contribution is 2.21. The van der Waals surface area contributed by atoms with Crippen molar-refractivity contribution in [3.8, 4) is 0 Å². The molecule has 1 aromatic heterocycles. The number of benzene rings is 1. The van der Waals surface area contributed by atoms with Gasteiger partial charge in [-0.2, -0.15) is 0 Å². The molecule has 4 nitrogen and oxygen atoms in total. The first kappa shape index (κ1) is 13.6. The maximum absolute atomic E-state index is 12.2. The molecule has 0 saturated carbocycles. The molecule has 0 aliphatic carbocycles. The minimum atomic E-state index is -0.221. The Kier molecular flexibility index (Phi) is 3.62. The zero-order valence-corrected chi connectivity index (χ0v) is 11.6. The SMILES string of the molecule is CC(C)(C)C(CN)NC(=O)c1cc2ccccc2o1. The van der Waals surface area contributed by atoms with Crippen molar-refractivity contribution >= 4 is 16.9 Å². The van der Waals surface area contributed by atoms with Crippen molar-refractivity contribution < 1.29 is 9.21 Å². The highest BCUT2D eigenvalue weighted by molar-refractivity contribution is 5.96. The Morgan fingerprint density at radius 3 is 2.63 bits per heavy atom. The van der Waals surface area contributed by atoms with Gasteiger partial charge in [-0.25, -0.2) is 0 Å². The summed E-state index contributed by atoms with van der Waals surface area (Å²) >= 11 is 0. The lowest BCUT2D eigenvalue weighted by atomic mass is 9.87. The number of amides is 1. The fourth-order valence-electron chi connectivity index (χ4n) is 1.95. The third-order valence-electron chi connectivity index (χ3n) is 3.24. The normalized spacial score (nSPS) is 13.5. The molecule has 1 heterocycles. The molecule has 1 unspecified atom stereocenters. The van der Waals surface area contributed by atoms with Crippen LogP contribution in [0.15, 0.2) is 34.7 Å². The number of hydrogen-bond donors (Lipinski definition) is 2. The summed E-state index contributed by atoms with van der Waals surface area (Å²) in [7, 11) is 0. The van der Waals surface area contributed by atoms with Gasteiger partial charge in [0.15, 0.2) is 5.76 Å². The Labute approximate surface area is 113 Å². The van der Waals surface area contributed by atoms with Crippen molar-refractivity contribution in [3.63, 3.8) is 0 Å². The summed E-state index contributed by atoms with van der Waals surface area (Å²) in [4.78, 5) is 12.2. The van der Waals surface area contributed by atoms with Crippen LogP contribution in [-0.2, 0) is 0 Å². The van der Waals surface area contributed by atoms with Crippen LogP contribution in [0, 0.1) is 5.41 Å². The molecule has 0 aliphatic rings. The van der Waals surface area contributed by atoms with Crippen LogP contribution < -0.4 is 11.1 Å². The fourth-order valence-corrected chi connectivity index (χ4v) is 1.95. The van der Waals surface area contributed by atoms with Crippen molar-refractivity contribution in [3.05, 3.63) is 36.1 Å². The molecule has 2 aromatic rings. The van der Waals surface area contributed by atoms with E-state index in [9.17, 15) is 4.79 Å². The molecule has 0 radical (unpaired) electrons. The van der Waals surface area contributed by atoms with E-state index in [0.717, 1.165) is 5.39 Å². The molecule has 3 N–H and O–H groups in total. The van der Waals surface area contributed by atoms with Crippen LogP contribution in [0.3, 0.4) is 0 Å². The molecule has 0 spiro atoms. The predicted octanol–water partition coefficient (Wildman–Crippen LogP) is 2.54. The van der Waals surface area contributed by atoms with Gasteiger partial charge in [-0.3, -0.25) is 4.79 Å². The van der Waals surface area contributed by atoms with Crippen molar-refractivity contribution in [1.29, 1.82) is 0 Å². The van der Waals surface area contributed by atoms with Gasteiger partial charge in [-0.15, -0.1) is 0 Å². The van der Waals surface area contributed by atoms with Crippen LogP contribution in [0.1, 0.15) is 31.3 Å². The highest BCUT2D eigenvalue weighted by atomic mass is 16.3. The number of fused-ring (bicyclic) bond motifs is 1. The van der Waals surface area contributed by atoms with E-state index in [1.807, 2.05) is 45.0 Å². The molecule has 0 saturated heterocycles.